The summed E-state index contributed by atoms with van der Waals surface area (Å²) in [5, 5.41) is 5.95. The monoisotopic (exact) mass is 395 g/mol. The van der Waals surface area contributed by atoms with Crippen molar-refractivity contribution in [2.75, 3.05) is 17.7 Å². The molecule has 2 rings (SSSR count). The summed E-state index contributed by atoms with van der Waals surface area (Å²) in [4.78, 5) is 3.84. The highest BCUT2D eigenvalue weighted by molar-refractivity contribution is 14.1. The molecule has 0 aliphatic rings. The molecule has 0 unspecified atom stereocenters. The Morgan fingerprint density at radius 2 is 1.84 bits per heavy atom. The van der Waals surface area contributed by atoms with Gasteiger partial charge in [-0.25, -0.2) is 13.8 Å². The van der Waals surface area contributed by atoms with Gasteiger partial charge in [-0.2, -0.15) is 0 Å². The Balaban J connectivity index is 2.37. The number of aromatic nitrogens is 1. The summed E-state index contributed by atoms with van der Waals surface area (Å²) in [6.45, 7) is 0. The van der Waals surface area contributed by atoms with Gasteiger partial charge in [0.25, 0.3) is 0 Å². The average Bonchev–Trinajstić information content (AvgIpc) is 2.35. The van der Waals surface area contributed by atoms with E-state index in [-0.39, 0.29) is 11.6 Å². The lowest BCUT2D eigenvalue weighted by Gasteiger charge is -2.11. The van der Waals surface area contributed by atoms with E-state index in [1.165, 1.54) is 7.05 Å². The number of hydrogen-bond donors (Lipinski definition) is 2. The summed E-state index contributed by atoms with van der Waals surface area (Å²) in [5.41, 5.74) is 0.644. The van der Waals surface area contributed by atoms with Crippen LogP contribution in [0.1, 0.15) is 0 Å². The lowest BCUT2D eigenvalue weighted by molar-refractivity contribution is 0.580. The van der Waals surface area contributed by atoms with Crippen LogP contribution in [-0.2, 0) is 0 Å². The Morgan fingerprint density at radius 3 is 2.47 bits per heavy atom. The Kier molecular flexibility index (Phi) is 4.41. The predicted octanol–water partition coefficient (Wildman–Crippen LogP) is 4.40. The smallest absolute Gasteiger partial charge is 0.169 e. The Hall–Kier alpha value is -1.15. The van der Waals surface area contributed by atoms with Gasteiger partial charge in [-0.3, -0.25) is 0 Å². The largest absolute Gasteiger partial charge is 0.371 e. The molecule has 0 aliphatic carbocycles. The van der Waals surface area contributed by atoms with Gasteiger partial charge in [0.1, 0.15) is 0 Å². The van der Waals surface area contributed by atoms with E-state index < -0.39 is 11.6 Å². The molecular weight excluding hydrogens is 387 g/mol. The highest BCUT2D eigenvalue weighted by Crippen LogP contribution is 2.27. The highest BCUT2D eigenvalue weighted by Gasteiger charge is 2.12. The molecule has 1 aromatic carbocycles. The summed E-state index contributed by atoms with van der Waals surface area (Å²) in [6.07, 6.45) is 0. The van der Waals surface area contributed by atoms with Crippen molar-refractivity contribution in [2.45, 2.75) is 0 Å². The summed E-state index contributed by atoms with van der Waals surface area (Å²) in [7, 11) is 1.51. The van der Waals surface area contributed by atoms with Gasteiger partial charge in [0, 0.05) is 21.7 Å². The predicted molar refractivity (Wildman–Crippen MR) is 81.2 cm³/mol. The van der Waals surface area contributed by atoms with Crippen LogP contribution in [0.5, 0.6) is 0 Å². The lowest BCUT2D eigenvalue weighted by Crippen LogP contribution is -2.04. The van der Waals surface area contributed by atoms with E-state index in [2.05, 4.69) is 38.2 Å². The quantitative estimate of drug-likeness (QED) is 0.756. The first kappa shape index (κ1) is 14.3. The van der Waals surface area contributed by atoms with Gasteiger partial charge in [0.15, 0.2) is 23.3 Å². The minimum Gasteiger partial charge on any atom is -0.371 e. The number of nitrogens with zero attached hydrogens (tertiary/aromatic N) is 1. The summed E-state index contributed by atoms with van der Waals surface area (Å²) >= 11 is 7.90. The number of nitrogens with one attached hydrogen (secondary N) is 2. The van der Waals surface area contributed by atoms with Crippen LogP contribution in [0.3, 0.4) is 0 Å². The van der Waals surface area contributed by atoms with E-state index in [0.29, 0.717) is 10.7 Å². The fourth-order valence-electron chi connectivity index (χ4n) is 1.45. The first-order valence-electron chi connectivity index (χ1n) is 5.27. The molecular formula is C12H9ClF2IN3. The molecule has 19 heavy (non-hydrogen) atoms. The molecule has 0 atom stereocenters. The van der Waals surface area contributed by atoms with E-state index in [1.807, 2.05) is 0 Å². The van der Waals surface area contributed by atoms with Crippen LogP contribution in [0.4, 0.5) is 26.1 Å². The Labute approximate surface area is 127 Å². The van der Waals surface area contributed by atoms with Gasteiger partial charge in [-0.15, -0.1) is 0 Å². The van der Waals surface area contributed by atoms with Gasteiger partial charge in [0.2, 0.25) is 0 Å². The maximum Gasteiger partial charge on any atom is 0.169 e. The third-order valence-corrected chi connectivity index (χ3v) is 3.48. The second-order valence-corrected chi connectivity index (χ2v) is 5.25. The van der Waals surface area contributed by atoms with Crippen molar-refractivity contribution < 1.29 is 8.78 Å². The van der Waals surface area contributed by atoms with Crippen LogP contribution >= 0.6 is 34.2 Å². The van der Waals surface area contributed by atoms with Crippen LogP contribution in [0.25, 0.3) is 0 Å². The first-order chi connectivity index (χ1) is 9.01. The minimum atomic E-state index is -0.762. The molecule has 0 radical (unpaired) electrons. The molecule has 100 valence electrons. The fraction of sp³-hybridized carbons (Fsp3) is 0.0833. The van der Waals surface area contributed by atoms with Gasteiger partial charge in [-0.1, -0.05) is 11.6 Å². The normalized spacial score (nSPS) is 10.4. The Bertz CT molecular complexity index is 622. The number of halogens is 4. The maximum atomic E-state index is 13.6. The topological polar surface area (TPSA) is 37.0 Å². The van der Waals surface area contributed by atoms with Crippen LogP contribution in [0.2, 0.25) is 5.02 Å². The van der Waals surface area contributed by atoms with E-state index in [9.17, 15) is 8.78 Å². The second-order valence-electron chi connectivity index (χ2n) is 3.65. The van der Waals surface area contributed by atoms with Crippen LogP contribution in [0.15, 0.2) is 24.3 Å². The van der Waals surface area contributed by atoms with E-state index in [0.717, 1.165) is 9.64 Å². The van der Waals surface area contributed by atoms with Crippen molar-refractivity contribution >= 4 is 51.5 Å². The minimum absolute atomic E-state index is 0.0205. The standard InChI is InChI=1S/C12H9ClF2IN3/c1-17-11-7(14)5-8(15)12(19-11)18-10-3-2-6(13)4-9(10)16/h2-5H,1H3,(H2,17,18,19). The molecule has 2 N–H and O–H groups in total. The summed E-state index contributed by atoms with van der Waals surface area (Å²) < 4.78 is 27.7. The van der Waals surface area contributed by atoms with Gasteiger partial charge in [-0.05, 0) is 40.8 Å². The fourth-order valence-corrected chi connectivity index (χ4v) is 2.45. The summed E-state index contributed by atoms with van der Waals surface area (Å²) in [6, 6.07) is 5.88. The third kappa shape index (κ3) is 3.24. The number of anilines is 3. The molecule has 0 amide bonds. The van der Waals surface area contributed by atoms with Crippen molar-refractivity contribution in [3.8, 4) is 0 Å². The molecule has 0 spiro atoms. The number of pyridine rings is 1. The van der Waals surface area contributed by atoms with Crippen molar-refractivity contribution in [3.63, 3.8) is 0 Å². The molecule has 0 aliphatic heterocycles. The molecule has 0 saturated heterocycles. The molecule has 7 heteroatoms. The summed E-state index contributed by atoms with van der Waals surface area (Å²) in [5.74, 6) is -1.57. The number of hydrogen-bond acceptors (Lipinski definition) is 3. The van der Waals surface area contributed by atoms with Crippen LogP contribution in [0, 0.1) is 15.2 Å². The molecule has 0 bridgehead atoms. The van der Waals surface area contributed by atoms with Crippen molar-refractivity contribution in [1.29, 1.82) is 0 Å². The van der Waals surface area contributed by atoms with Crippen LogP contribution in [-0.4, -0.2) is 12.0 Å². The third-order valence-electron chi connectivity index (χ3n) is 2.35. The second kappa shape index (κ2) is 5.87. The molecule has 1 aromatic heterocycles. The van der Waals surface area contributed by atoms with Crippen molar-refractivity contribution in [2.24, 2.45) is 0 Å². The van der Waals surface area contributed by atoms with E-state index in [1.54, 1.807) is 18.2 Å². The SMILES string of the molecule is CNc1nc(Nc2ccc(Cl)cc2I)c(F)cc1F. The zero-order valence-corrected chi connectivity index (χ0v) is 12.7. The van der Waals surface area contributed by atoms with Gasteiger partial charge >= 0.3 is 0 Å². The maximum absolute atomic E-state index is 13.6. The van der Waals surface area contributed by atoms with Crippen molar-refractivity contribution in [3.05, 3.63) is 44.5 Å². The average molecular weight is 396 g/mol. The first-order valence-corrected chi connectivity index (χ1v) is 6.73. The number of rotatable bonds is 3. The Morgan fingerprint density at radius 1 is 1.16 bits per heavy atom. The van der Waals surface area contributed by atoms with Crippen molar-refractivity contribution in [1.82, 2.24) is 4.98 Å². The molecule has 0 fully saturated rings. The van der Waals surface area contributed by atoms with Crippen LogP contribution < -0.4 is 10.6 Å². The molecule has 1 heterocycles. The van der Waals surface area contributed by atoms with E-state index >= 15 is 0 Å². The number of benzene rings is 1. The highest BCUT2D eigenvalue weighted by atomic mass is 127. The molecule has 3 nitrogen and oxygen atoms in total. The van der Waals surface area contributed by atoms with E-state index in [4.69, 9.17) is 11.6 Å². The molecule has 2 aromatic rings. The lowest BCUT2D eigenvalue weighted by atomic mass is 10.3. The van der Waals surface area contributed by atoms with Gasteiger partial charge < -0.3 is 10.6 Å². The zero-order chi connectivity index (χ0) is 14.0. The van der Waals surface area contributed by atoms with Gasteiger partial charge in [0.05, 0.1) is 5.69 Å². The zero-order valence-electron chi connectivity index (χ0n) is 9.77. The molecule has 0 saturated carbocycles.